The number of aliphatic imine (C=N–C) groups is 1. The summed E-state index contributed by atoms with van der Waals surface area (Å²) in [4.78, 5) is 9.81. The quantitative estimate of drug-likeness (QED) is 0.600. The summed E-state index contributed by atoms with van der Waals surface area (Å²) in [5.74, 6) is 1.68. The fourth-order valence-electron chi connectivity index (χ4n) is 3.77. The number of nitrogens with zero attached hydrogens (tertiary/aromatic N) is 3. The van der Waals surface area contributed by atoms with E-state index in [-0.39, 0.29) is 0 Å². The second-order valence-corrected chi connectivity index (χ2v) is 7.24. The summed E-state index contributed by atoms with van der Waals surface area (Å²) in [6.07, 6.45) is 5.21. The first-order valence-electron chi connectivity index (χ1n) is 9.44. The Morgan fingerprint density at radius 1 is 1.39 bits per heavy atom. The summed E-state index contributed by atoms with van der Waals surface area (Å²) in [6, 6.07) is 1.21. The zero-order valence-electron chi connectivity index (χ0n) is 15.6. The standard InChI is InChI=1S/C18H36N4O/c1-5-19-18(21(4)13-17-9-11-23-14-17)20-12-16(3)22-10-7-6-8-15(22)2/h15-17H,5-14H2,1-4H3,(H,19,20). The minimum Gasteiger partial charge on any atom is -0.381 e. The molecule has 23 heavy (non-hydrogen) atoms. The lowest BCUT2D eigenvalue weighted by Gasteiger charge is -2.37. The van der Waals surface area contributed by atoms with E-state index in [9.17, 15) is 0 Å². The zero-order chi connectivity index (χ0) is 16.7. The van der Waals surface area contributed by atoms with E-state index in [2.05, 4.69) is 42.9 Å². The Labute approximate surface area is 142 Å². The van der Waals surface area contributed by atoms with Crippen LogP contribution >= 0.6 is 0 Å². The van der Waals surface area contributed by atoms with Gasteiger partial charge >= 0.3 is 0 Å². The normalized spacial score (nSPS) is 27.9. The van der Waals surface area contributed by atoms with Crippen LogP contribution in [0.15, 0.2) is 4.99 Å². The molecule has 2 rings (SSSR count). The highest BCUT2D eigenvalue weighted by Crippen LogP contribution is 2.19. The van der Waals surface area contributed by atoms with E-state index in [0.717, 1.165) is 38.8 Å². The van der Waals surface area contributed by atoms with Crippen molar-refractivity contribution in [2.24, 2.45) is 10.9 Å². The lowest BCUT2D eigenvalue weighted by molar-refractivity contribution is 0.118. The molecule has 0 aromatic rings. The number of guanidine groups is 1. The molecule has 5 heteroatoms. The maximum absolute atomic E-state index is 5.49. The molecule has 0 bridgehead atoms. The van der Waals surface area contributed by atoms with Crippen molar-refractivity contribution in [2.75, 3.05) is 46.4 Å². The predicted octanol–water partition coefficient (Wildman–Crippen LogP) is 2.18. The third-order valence-corrected chi connectivity index (χ3v) is 5.18. The molecule has 0 amide bonds. The van der Waals surface area contributed by atoms with Gasteiger partial charge in [0.05, 0.1) is 13.2 Å². The van der Waals surface area contributed by atoms with Gasteiger partial charge in [0.1, 0.15) is 0 Å². The molecular weight excluding hydrogens is 288 g/mol. The Kier molecular flexibility index (Phi) is 7.63. The predicted molar refractivity (Wildman–Crippen MR) is 97.0 cm³/mol. The highest BCUT2D eigenvalue weighted by atomic mass is 16.5. The lowest BCUT2D eigenvalue weighted by atomic mass is 10.0. The van der Waals surface area contributed by atoms with E-state index in [0.29, 0.717) is 18.0 Å². The van der Waals surface area contributed by atoms with E-state index in [1.54, 1.807) is 0 Å². The van der Waals surface area contributed by atoms with Crippen LogP contribution in [0.2, 0.25) is 0 Å². The van der Waals surface area contributed by atoms with Gasteiger partial charge in [0.25, 0.3) is 0 Å². The van der Waals surface area contributed by atoms with Crippen molar-refractivity contribution in [3.05, 3.63) is 0 Å². The van der Waals surface area contributed by atoms with Gasteiger partial charge < -0.3 is 15.0 Å². The molecule has 1 N–H and O–H groups in total. The van der Waals surface area contributed by atoms with E-state index in [1.165, 1.54) is 32.2 Å². The Morgan fingerprint density at radius 3 is 2.87 bits per heavy atom. The fraction of sp³-hybridized carbons (Fsp3) is 0.944. The minimum absolute atomic E-state index is 0.516. The summed E-state index contributed by atoms with van der Waals surface area (Å²) < 4.78 is 5.49. The van der Waals surface area contributed by atoms with E-state index in [1.807, 2.05) is 0 Å². The van der Waals surface area contributed by atoms with Crippen LogP contribution in [0.3, 0.4) is 0 Å². The second kappa shape index (κ2) is 9.48. The van der Waals surface area contributed by atoms with Gasteiger partial charge in [-0.15, -0.1) is 0 Å². The average molecular weight is 325 g/mol. The molecule has 3 unspecified atom stereocenters. The molecule has 0 radical (unpaired) electrons. The van der Waals surface area contributed by atoms with Crippen molar-refractivity contribution in [1.82, 2.24) is 15.1 Å². The summed E-state index contributed by atoms with van der Waals surface area (Å²) in [7, 11) is 2.15. The van der Waals surface area contributed by atoms with Gasteiger partial charge in [0.2, 0.25) is 0 Å². The van der Waals surface area contributed by atoms with Crippen molar-refractivity contribution in [3.63, 3.8) is 0 Å². The summed E-state index contributed by atoms with van der Waals surface area (Å²) in [5, 5.41) is 3.44. The van der Waals surface area contributed by atoms with Gasteiger partial charge in [0, 0.05) is 44.7 Å². The third kappa shape index (κ3) is 5.64. The monoisotopic (exact) mass is 324 g/mol. The second-order valence-electron chi connectivity index (χ2n) is 7.24. The molecule has 2 saturated heterocycles. The number of piperidine rings is 1. The zero-order valence-corrected chi connectivity index (χ0v) is 15.6. The molecule has 2 fully saturated rings. The molecule has 3 atom stereocenters. The maximum Gasteiger partial charge on any atom is 0.193 e. The number of ether oxygens (including phenoxy) is 1. The lowest BCUT2D eigenvalue weighted by Crippen LogP contribution is -2.46. The number of rotatable bonds is 6. The fourth-order valence-corrected chi connectivity index (χ4v) is 3.77. The van der Waals surface area contributed by atoms with Crippen LogP contribution in [0, 0.1) is 5.92 Å². The van der Waals surface area contributed by atoms with Crippen molar-refractivity contribution >= 4 is 5.96 Å². The Bertz CT molecular complexity index is 368. The summed E-state index contributed by atoms with van der Waals surface area (Å²) in [6.45, 7) is 12.7. The highest BCUT2D eigenvalue weighted by Gasteiger charge is 2.23. The summed E-state index contributed by atoms with van der Waals surface area (Å²) >= 11 is 0. The molecule has 0 spiro atoms. The van der Waals surface area contributed by atoms with Crippen molar-refractivity contribution < 1.29 is 4.74 Å². The van der Waals surface area contributed by atoms with Gasteiger partial charge in [-0.25, -0.2) is 0 Å². The van der Waals surface area contributed by atoms with Crippen LogP contribution in [-0.2, 0) is 4.74 Å². The number of hydrogen-bond acceptors (Lipinski definition) is 3. The molecule has 0 saturated carbocycles. The van der Waals surface area contributed by atoms with E-state index >= 15 is 0 Å². The van der Waals surface area contributed by atoms with Gasteiger partial charge in [-0.1, -0.05) is 6.42 Å². The largest absolute Gasteiger partial charge is 0.381 e. The molecule has 2 aliphatic heterocycles. The van der Waals surface area contributed by atoms with Crippen LogP contribution in [0.1, 0.15) is 46.5 Å². The van der Waals surface area contributed by atoms with Crippen LogP contribution < -0.4 is 5.32 Å². The van der Waals surface area contributed by atoms with Gasteiger partial charge in [-0.05, 0) is 46.6 Å². The first-order chi connectivity index (χ1) is 11.1. The van der Waals surface area contributed by atoms with Crippen molar-refractivity contribution in [3.8, 4) is 0 Å². The molecule has 2 aliphatic rings. The first-order valence-corrected chi connectivity index (χ1v) is 9.44. The smallest absolute Gasteiger partial charge is 0.193 e. The van der Waals surface area contributed by atoms with Gasteiger partial charge in [-0.2, -0.15) is 0 Å². The minimum atomic E-state index is 0.516. The Balaban J connectivity index is 1.88. The highest BCUT2D eigenvalue weighted by molar-refractivity contribution is 5.79. The molecule has 0 aromatic carbocycles. The van der Waals surface area contributed by atoms with Crippen LogP contribution in [0.4, 0.5) is 0 Å². The number of nitrogens with one attached hydrogen (secondary N) is 1. The Morgan fingerprint density at radius 2 is 2.22 bits per heavy atom. The molecule has 2 heterocycles. The SMILES string of the molecule is CCNC(=NCC(C)N1CCCCC1C)N(C)CC1CCOC1. The summed E-state index contributed by atoms with van der Waals surface area (Å²) in [5.41, 5.74) is 0. The van der Waals surface area contributed by atoms with Crippen LogP contribution in [0.5, 0.6) is 0 Å². The van der Waals surface area contributed by atoms with Gasteiger partial charge in [-0.3, -0.25) is 9.89 Å². The van der Waals surface area contributed by atoms with Crippen molar-refractivity contribution in [1.29, 1.82) is 0 Å². The molecule has 0 aromatic heterocycles. The molecule has 0 aliphatic carbocycles. The number of hydrogen-bond donors (Lipinski definition) is 1. The van der Waals surface area contributed by atoms with Gasteiger partial charge in [0.15, 0.2) is 5.96 Å². The van der Waals surface area contributed by atoms with Crippen LogP contribution in [-0.4, -0.2) is 74.3 Å². The van der Waals surface area contributed by atoms with Crippen molar-refractivity contribution in [2.45, 2.75) is 58.5 Å². The first kappa shape index (κ1) is 18.5. The Hall–Kier alpha value is -0.810. The van der Waals surface area contributed by atoms with E-state index < -0.39 is 0 Å². The maximum atomic E-state index is 5.49. The van der Waals surface area contributed by atoms with E-state index in [4.69, 9.17) is 9.73 Å². The molecular formula is C18H36N4O. The topological polar surface area (TPSA) is 40.1 Å². The van der Waals surface area contributed by atoms with Crippen LogP contribution in [0.25, 0.3) is 0 Å². The molecule has 134 valence electrons. The number of likely N-dealkylation sites (tertiary alicyclic amines) is 1. The molecule has 5 nitrogen and oxygen atoms in total. The average Bonchev–Trinajstić information content (AvgIpc) is 3.04. The third-order valence-electron chi connectivity index (χ3n) is 5.18.